The van der Waals surface area contributed by atoms with Crippen LogP contribution in [0.1, 0.15) is 29.7 Å². The number of likely N-dealkylation sites (N-methyl/N-ethyl adjacent to an activating group) is 1. The van der Waals surface area contributed by atoms with Gasteiger partial charge in [-0.05, 0) is 43.1 Å². The average molecular weight is 304 g/mol. The second-order valence-corrected chi connectivity index (χ2v) is 5.54. The van der Waals surface area contributed by atoms with E-state index >= 15 is 0 Å². The van der Waals surface area contributed by atoms with Gasteiger partial charge in [0, 0.05) is 16.6 Å². The molecule has 0 aliphatic heterocycles. The standard InChI is InChI=1S/C18H22ClNO/c1-4-13-5-7-14(8-6-13)11-17(20-2)16-10-9-15(19)12-18(16)21-3/h5-10,12,17,20H,4,11H2,1-3H3. The maximum Gasteiger partial charge on any atom is 0.125 e. The summed E-state index contributed by atoms with van der Waals surface area (Å²) in [4.78, 5) is 0. The first-order valence-electron chi connectivity index (χ1n) is 7.26. The van der Waals surface area contributed by atoms with Crippen molar-refractivity contribution in [1.29, 1.82) is 0 Å². The van der Waals surface area contributed by atoms with Gasteiger partial charge in [-0.25, -0.2) is 0 Å². The second-order valence-electron chi connectivity index (χ2n) is 5.10. The summed E-state index contributed by atoms with van der Waals surface area (Å²) < 4.78 is 5.46. The first-order chi connectivity index (χ1) is 10.2. The summed E-state index contributed by atoms with van der Waals surface area (Å²) in [5.74, 6) is 0.826. The summed E-state index contributed by atoms with van der Waals surface area (Å²) in [6, 6.07) is 14.8. The third-order valence-corrected chi connectivity index (χ3v) is 4.03. The quantitative estimate of drug-likeness (QED) is 0.853. The topological polar surface area (TPSA) is 21.3 Å². The summed E-state index contributed by atoms with van der Waals surface area (Å²) in [7, 11) is 3.65. The Kier molecular flexibility index (Phi) is 5.66. The molecule has 0 bridgehead atoms. The van der Waals surface area contributed by atoms with Crippen molar-refractivity contribution in [3.63, 3.8) is 0 Å². The van der Waals surface area contributed by atoms with E-state index < -0.39 is 0 Å². The van der Waals surface area contributed by atoms with Crippen LogP contribution in [0.25, 0.3) is 0 Å². The summed E-state index contributed by atoms with van der Waals surface area (Å²) in [6.07, 6.45) is 1.99. The predicted octanol–water partition coefficient (Wildman–Crippen LogP) is 4.41. The van der Waals surface area contributed by atoms with Gasteiger partial charge in [0.2, 0.25) is 0 Å². The smallest absolute Gasteiger partial charge is 0.125 e. The minimum Gasteiger partial charge on any atom is -0.496 e. The molecule has 0 saturated heterocycles. The number of halogens is 1. The molecule has 2 rings (SSSR count). The number of nitrogens with one attached hydrogen (secondary N) is 1. The maximum atomic E-state index is 6.04. The summed E-state index contributed by atoms with van der Waals surface area (Å²) in [5, 5.41) is 4.06. The van der Waals surface area contributed by atoms with Crippen LogP contribution in [-0.4, -0.2) is 14.2 Å². The molecule has 2 aromatic carbocycles. The Morgan fingerprint density at radius 3 is 2.33 bits per heavy atom. The Bertz CT molecular complexity index is 580. The van der Waals surface area contributed by atoms with Crippen molar-refractivity contribution in [1.82, 2.24) is 5.32 Å². The Balaban J connectivity index is 2.22. The molecule has 0 radical (unpaired) electrons. The lowest BCUT2D eigenvalue weighted by Crippen LogP contribution is -2.19. The second kappa shape index (κ2) is 7.48. The molecule has 0 aliphatic rings. The SMILES string of the molecule is CCc1ccc(CC(NC)c2ccc(Cl)cc2OC)cc1. The fourth-order valence-electron chi connectivity index (χ4n) is 2.49. The van der Waals surface area contributed by atoms with Crippen LogP contribution in [0.3, 0.4) is 0 Å². The van der Waals surface area contributed by atoms with Gasteiger partial charge in [0.05, 0.1) is 7.11 Å². The van der Waals surface area contributed by atoms with E-state index in [0.29, 0.717) is 5.02 Å². The number of rotatable bonds is 6. The van der Waals surface area contributed by atoms with E-state index in [-0.39, 0.29) is 6.04 Å². The predicted molar refractivity (Wildman–Crippen MR) is 89.3 cm³/mol. The normalized spacial score (nSPS) is 12.2. The summed E-state index contributed by atoms with van der Waals surface area (Å²) in [6.45, 7) is 2.17. The van der Waals surface area contributed by atoms with Gasteiger partial charge in [-0.1, -0.05) is 48.9 Å². The molecule has 0 spiro atoms. The van der Waals surface area contributed by atoms with Gasteiger partial charge in [0.15, 0.2) is 0 Å². The molecule has 3 heteroatoms. The zero-order valence-electron chi connectivity index (χ0n) is 12.8. The highest BCUT2D eigenvalue weighted by molar-refractivity contribution is 6.30. The lowest BCUT2D eigenvalue weighted by molar-refractivity contribution is 0.401. The van der Waals surface area contributed by atoms with Crippen LogP contribution >= 0.6 is 11.6 Å². The Hall–Kier alpha value is -1.51. The number of methoxy groups -OCH3 is 1. The van der Waals surface area contributed by atoms with E-state index in [0.717, 1.165) is 24.2 Å². The van der Waals surface area contributed by atoms with Crippen LogP contribution in [0.15, 0.2) is 42.5 Å². The third kappa shape index (κ3) is 3.99. The van der Waals surface area contributed by atoms with Crippen molar-refractivity contribution in [3.8, 4) is 5.75 Å². The highest BCUT2D eigenvalue weighted by Crippen LogP contribution is 2.30. The zero-order valence-corrected chi connectivity index (χ0v) is 13.6. The Morgan fingerprint density at radius 1 is 1.10 bits per heavy atom. The number of hydrogen-bond donors (Lipinski definition) is 1. The van der Waals surface area contributed by atoms with Crippen LogP contribution in [0, 0.1) is 0 Å². The first-order valence-corrected chi connectivity index (χ1v) is 7.64. The molecule has 0 aliphatic carbocycles. The number of aryl methyl sites for hydroxylation is 1. The van der Waals surface area contributed by atoms with Gasteiger partial charge in [0.1, 0.15) is 5.75 Å². The van der Waals surface area contributed by atoms with Gasteiger partial charge < -0.3 is 10.1 Å². The van der Waals surface area contributed by atoms with Gasteiger partial charge in [0.25, 0.3) is 0 Å². The largest absolute Gasteiger partial charge is 0.496 e. The summed E-state index contributed by atoms with van der Waals surface area (Å²) in [5.41, 5.74) is 3.80. The van der Waals surface area contributed by atoms with E-state index in [1.165, 1.54) is 11.1 Å². The highest BCUT2D eigenvalue weighted by Gasteiger charge is 2.15. The molecule has 1 N–H and O–H groups in total. The first kappa shape index (κ1) is 15.9. The van der Waals surface area contributed by atoms with Crippen LogP contribution < -0.4 is 10.1 Å². The van der Waals surface area contributed by atoms with Crippen molar-refractivity contribution in [2.75, 3.05) is 14.2 Å². The van der Waals surface area contributed by atoms with Crippen LogP contribution in [-0.2, 0) is 12.8 Å². The molecule has 2 aromatic rings. The number of ether oxygens (including phenoxy) is 1. The van der Waals surface area contributed by atoms with E-state index in [4.69, 9.17) is 16.3 Å². The molecule has 0 heterocycles. The minimum absolute atomic E-state index is 0.199. The van der Waals surface area contributed by atoms with Gasteiger partial charge in [-0.15, -0.1) is 0 Å². The number of hydrogen-bond acceptors (Lipinski definition) is 2. The fourth-order valence-corrected chi connectivity index (χ4v) is 2.65. The molecule has 0 amide bonds. The van der Waals surface area contributed by atoms with E-state index in [1.54, 1.807) is 7.11 Å². The van der Waals surface area contributed by atoms with Crippen molar-refractivity contribution in [2.24, 2.45) is 0 Å². The minimum atomic E-state index is 0.199. The molecule has 1 unspecified atom stereocenters. The zero-order chi connectivity index (χ0) is 15.2. The Labute approximate surface area is 132 Å². The fraction of sp³-hybridized carbons (Fsp3) is 0.333. The highest BCUT2D eigenvalue weighted by atomic mass is 35.5. The molecule has 2 nitrogen and oxygen atoms in total. The lowest BCUT2D eigenvalue weighted by Gasteiger charge is -2.20. The van der Waals surface area contributed by atoms with Crippen molar-refractivity contribution in [3.05, 3.63) is 64.2 Å². The third-order valence-electron chi connectivity index (χ3n) is 3.79. The van der Waals surface area contributed by atoms with E-state index in [2.05, 4.69) is 36.5 Å². The molecule has 21 heavy (non-hydrogen) atoms. The van der Waals surface area contributed by atoms with E-state index in [1.807, 2.05) is 25.2 Å². The number of benzene rings is 2. The van der Waals surface area contributed by atoms with Crippen LogP contribution in [0.5, 0.6) is 5.75 Å². The van der Waals surface area contributed by atoms with Crippen molar-refractivity contribution < 1.29 is 4.74 Å². The molecule has 0 saturated carbocycles. The van der Waals surface area contributed by atoms with Crippen molar-refractivity contribution >= 4 is 11.6 Å². The average Bonchev–Trinajstić information content (AvgIpc) is 2.53. The molecular formula is C18H22ClNO. The van der Waals surface area contributed by atoms with Gasteiger partial charge in [-0.3, -0.25) is 0 Å². The molecule has 0 fully saturated rings. The van der Waals surface area contributed by atoms with Crippen molar-refractivity contribution in [2.45, 2.75) is 25.8 Å². The summed E-state index contributed by atoms with van der Waals surface area (Å²) >= 11 is 6.04. The van der Waals surface area contributed by atoms with Gasteiger partial charge in [-0.2, -0.15) is 0 Å². The van der Waals surface area contributed by atoms with Crippen LogP contribution in [0.2, 0.25) is 5.02 Å². The van der Waals surface area contributed by atoms with Crippen LogP contribution in [0.4, 0.5) is 0 Å². The molecule has 1 atom stereocenters. The lowest BCUT2D eigenvalue weighted by atomic mass is 9.97. The monoisotopic (exact) mass is 303 g/mol. The van der Waals surface area contributed by atoms with Gasteiger partial charge >= 0.3 is 0 Å². The Morgan fingerprint density at radius 2 is 1.76 bits per heavy atom. The maximum absolute atomic E-state index is 6.04. The molecular weight excluding hydrogens is 282 g/mol. The molecule has 0 aromatic heterocycles. The molecule has 112 valence electrons. The van der Waals surface area contributed by atoms with E-state index in [9.17, 15) is 0 Å².